The van der Waals surface area contributed by atoms with Crippen LogP contribution in [-0.2, 0) is 0 Å². The zero-order chi connectivity index (χ0) is 15.5. The lowest BCUT2D eigenvalue weighted by Crippen LogP contribution is -2.52. The highest BCUT2D eigenvalue weighted by Gasteiger charge is 2.70. The molecule has 3 heterocycles. The van der Waals surface area contributed by atoms with Crippen molar-refractivity contribution in [2.45, 2.75) is 49.5 Å². The summed E-state index contributed by atoms with van der Waals surface area (Å²) in [4.78, 5) is 14.2. The van der Waals surface area contributed by atoms with E-state index in [0.717, 1.165) is 30.1 Å². The van der Waals surface area contributed by atoms with E-state index in [0.29, 0.717) is 23.8 Å². The van der Waals surface area contributed by atoms with E-state index in [9.17, 15) is 18.0 Å². The topological polar surface area (TPSA) is 57.9 Å². The molecule has 0 bridgehead atoms. The molecule has 9 heteroatoms. The maximum atomic E-state index is 13.2. The molecule has 2 fully saturated rings. The molecule has 4 rings (SSSR count). The third-order valence-electron chi connectivity index (χ3n) is 4.45. The van der Waals surface area contributed by atoms with Crippen molar-refractivity contribution in [3.8, 4) is 0 Å². The Morgan fingerprint density at radius 3 is 2.64 bits per heavy atom. The Balaban J connectivity index is 1.56. The van der Waals surface area contributed by atoms with Gasteiger partial charge in [0.2, 0.25) is 0 Å². The number of carbonyl (C=O) groups is 1. The van der Waals surface area contributed by atoms with Crippen LogP contribution in [0.1, 0.15) is 47.0 Å². The van der Waals surface area contributed by atoms with Gasteiger partial charge in [-0.15, -0.1) is 10.2 Å². The molecule has 5 nitrogen and oxygen atoms in total. The Kier molecular flexibility index (Phi) is 2.88. The lowest BCUT2D eigenvalue weighted by Gasteiger charge is -2.29. The molecule has 3 aliphatic rings. The van der Waals surface area contributed by atoms with Gasteiger partial charge < -0.3 is 4.90 Å². The van der Waals surface area contributed by atoms with Gasteiger partial charge >= 0.3 is 11.8 Å². The van der Waals surface area contributed by atoms with Crippen molar-refractivity contribution in [2.75, 3.05) is 6.54 Å². The Morgan fingerprint density at radius 2 is 2.05 bits per heavy atom. The molecule has 1 aliphatic carbocycles. The summed E-state index contributed by atoms with van der Waals surface area (Å²) in [5, 5.41) is 6.50. The lowest BCUT2D eigenvalue weighted by molar-refractivity contribution is -0.174. The second kappa shape index (κ2) is 4.50. The van der Waals surface area contributed by atoms with E-state index < -0.39 is 17.9 Å². The van der Waals surface area contributed by atoms with Crippen LogP contribution in [0.3, 0.4) is 0 Å². The highest BCUT2D eigenvalue weighted by atomic mass is 32.1. The molecule has 0 spiro atoms. The number of alkyl halides is 3. The Hall–Kier alpha value is -1.51. The molecule has 1 unspecified atom stereocenters. The molecular weight excluding hydrogens is 317 g/mol. The van der Waals surface area contributed by atoms with Gasteiger partial charge in [-0.25, -0.2) is 0 Å². The number of halogens is 3. The van der Waals surface area contributed by atoms with Gasteiger partial charge in [0, 0.05) is 12.5 Å². The van der Waals surface area contributed by atoms with Crippen molar-refractivity contribution in [3.05, 3.63) is 16.6 Å². The summed E-state index contributed by atoms with van der Waals surface area (Å²) in [6, 6.07) is 0.702. The average Bonchev–Trinajstić information content (AvgIpc) is 3.38. The van der Waals surface area contributed by atoms with Gasteiger partial charge in [-0.2, -0.15) is 17.5 Å². The quantitative estimate of drug-likeness (QED) is 0.853. The lowest BCUT2D eigenvalue weighted by atomic mass is 10.0. The van der Waals surface area contributed by atoms with E-state index in [4.69, 9.17) is 0 Å². The summed E-state index contributed by atoms with van der Waals surface area (Å²) in [7, 11) is 0. The molecule has 0 radical (unpaired) electrons. The Labute approximate surface area is 128 Å². The number of likely N-dealkylation sites (tertiary alicyclic amines) is 1. The smallest absolute Gasteiger partial charge is 0.330 e. The van der Waals surface area contributed by atoms with Gasteiger partial charge in [0.05, 0.1) is 11.7 Å². The van der Waals surface area contributed by atoms with Crippen molar-refractivity contribution in [2.24, 2.45) is 10.2 Å². The number of carbonyl (C=O) groups excluding carboxylic acids is 1. The fourth-order valence-electron chi connectivity index (χ4n) is 3.02. The minimum Gasteiger partial charge on any atom is -0.330 e. The first-order chi connectivity index (χ1) is 10.4. The van der Waals surface area contributed by atoms with Crippen molar-refractivity contribution in [1.29, 1.82) is 0 Å². The highest BCUT2D eigenvalue weighted by molar-refractivity contribution is 7.08. The van der Waals surface area contributed by atoms with Crippen LogP contribution in [0, 0.1) is 0 Å². The molecule has 0 aromatic carbocycles. The zero-order valence-corrected chi connectivity index (χ0v) is 12.3. The summed E-state index contributed by atoms with van der Waals surface area (Å²) in [5.74, 6) is 0.0370. The fraction of sp³-hybridized carbons (Fsp3) is 0.692. The molecule has 0 N–H and O–H groups in total. The maximum Gasteiger partial charge on any atom is 0.439 e. The molecule has 22 heavy (non-hydrogen) atoms. The predicted octanol–water partition coefficient (Wildman–Crippen LogP) is 3.35. The molecular formula is C13H13F3N4OS. The van der Waals surface area contributed by atoms with Crippen molar-refractivity contribution in [1.82, 2.24) is 9.27 Å². The van der Waals surface area contributed by atoms with Gasteiger partial charge in [0.15, 0.2) is 0 Å². The van der Waals surface area contributed by atoms with Crippen LogP contribution in [0.15, 0.2) is 16.3 Å². The molecule has 1 aromatic rings. The van der Waals surface area contributed by atoms with Gasteiger partial charge in [-0.3, -0.25) is 4.79 Å². The summed E-state index contributed by atoms with van der Waals surface area (Å²) in [5.41, 5.74) is -1.51. The van der Waals surface area contributed by atoms with E-state index in [1.807, 2.05) is 0 Å². The monoisotopic (exact) mass is 330 g/mol. The molecule has 118 valence electrons. The third-order valence-corrected chi connectivity index (χ3v) is 5.24. The summed E-state index contributed by atoms with van der Waals surface area (Å²) < 4.78 is 43.8. The van der Waals surface area contributed by atoms with Gasteiger partial charge in [-0.1, -0.05) is 0 Å². The second-order valence-electron chi connectivity index (χ2n) is 5.97. The van der Waals surface area contributed by atoms with Gasteiger partial charge in [0.1, 0.15) is 4.88 Å². The van der Waals surface area contributed by atoms with E-state index >= 15 is 0 Å². The molecule has 1 saturated heterocycles. The number of aromatic nitrogens is 1. The zero-order valence-electron chi connectivity index (χ0n) is 11.5. The van der Waals surface area contributed by atoms with Crippen LogP contribution >= 0.6 is 11.5 Å². The largest absolute Gasteiger partial charge is 0.439 e. The summed E-state index contributed by atoms with van der Waals surface area (Å²) in [6.45, 7) is 0.309. The average molecular weight is 330 g/mol. The summed E-state index contributed by atoms with van der Waals surface area (Å²) in [6.07, 6.45) is -1.61. The van der Waals surface area contributed by atoms with E-state index in [1.54, 1.807) is 6.07 Å². The number of rotatable bonds is 3. The highest BCUT2D eigenvalue weighted by Crippen LogP contribution is 2.51. The van der Waals surface area contributed by atoms with E-state index in [-0.39, 0.29) is 12.3 Å². The number of nitrogens with zero attached hydrogens (tertiary/aromatic N) is 4. The molecule has 1 amide bonds. The van der Waals surface area contributed by atoms with Crippen molar-refractivity contribution in [3.63, 3.8) is 0 Å². The van der Waals surface area contributed by atoms with Gasteiger partial charge in [0.25, 0.3) is 5.91 Å². The number of hydrogen-bond donors (Lipinski definition) is 0. The molecule has 1 atom stereocenters. The second-order valence-corrected chi connectivity index (χ2v) is 6.78. The van der Waals surface area contributed by atoms with Crippen molar-refractivity contribution < 1.29 is 18.0 Å². The summed E-state index contributed by atoms with van der Waals surface area (Å²) >= 11 is 1.07. The van der Waals surface area contributed by atoms with Crippen LogP contribution in [0.25, 0.3) is 0 Å². The fourth-order valence-corrected chi connectivity index (χ4v) is 3.79. The first kappa shape index (κ1) is 14.1. The standard InChI is InChI=1S/C13H13F3N4OS/c14-13(15,16)12(18-19-12)10-2-1-5-20(10)11(21)9-6-8(17-22-9)7-3-4-7/h6-7,10H,1-5H2. The number of amides is 1. The normalized spacial score (nSPS) is 26.5. The minimum atomic E-state index is -4.55. The van der Waals surface area contributed by atoms with Crippen LogP contribution in [0.4, 0.5) is 13.2 Å². The molecule has 1 aromatic heterocycles. The van der Waals surface area contributed by atoms with Gasteiger partial charge in [-0.05, 0) is 43.3 Å². The molecule has 1 saturated carbocycles. The van der Waals surface area contributed by atoms with E-state index in [2.05, 4.69) is 14.6 Å². The minimum absolute atomic E-state index is 0.270. The van der Waals surface area contributed by atoms with Crippen LogP contribution in [0.2, 0.25) is 0 Å². The predicted molar refractivity (Wildman–Crippen MR) is 71.8 cm³/mol. The Morgan fingerprint density at radius 1 is 1.32 bits per heavy atom. The number of hydrogen-bond acceptors (Lipinski definition) is 5. The first-order valence-electron chi connectivity index (χ1n) is 7.21. The molecule has 2 aliphatic heterocycles. The Bertz CT molecular complexity index is 646. The van der Waals surface area contributed by atoms with Crippen LogP contribution in [0.5, 0.6) is 0 Å². The first-order valence-corrected chi connectivity index (χ1v) is 7.98. The van der Waals surface area contributed by atoms with Crippen LogP contribution in [-0.4, -0.2) is 39.6 Å². The third kappa shape index (κ3) is 2.05. The van der Waals surface area contributed by atoms with Crippen LogP contribution < -0.4 is 0 Å². The van der Waals surface area contributed by atoms with Crippen molar-refractivity contribution >= 4 is 17.4 Å². The van der Waals surface area contributed by atoms with E-state index in [1.165, 1.54) is 4.90 Å². The maximum absolute atomic E-state index is 13.2. The SMILES string of the molecule is O=C(c1cc(C2CC2)ns1)N1CCCC1C1(C(F)(F)F)N=N1.